The zero-order valence-corrected chi connectivity index (χ0v) is 11.5. The summed E-state index contributed by atoms with van der Waals surface area (Å²) in [5, 5.41) is 6.99. The van der Waals surface area contributed by atoms with Gasteiger partial charge < -0.3 is 16.4 Å². The highest BCUT2D eigenvalue weighted by atomic mass is 14.9. The standard InChI is InChI=1S/C15H27N3/c1-14(9-12-17-11-6-5-10-16)18-13-15-7-3-2-4-8-15/h2-4,7-8,14,17-18H,5-6,9-13,16H2,1H3/t14-/m1/s1. The van der Waals surface area contributed by atoms with Gasteiger partial charge in [0, 0.05) is 12.6 Å². The first-order chi connectivity index (χ1) is 8.83. The van der Waals surface area contributed by atoms with Crippen LogP contribution in [0.25, 0.3) is 0 Å². The summed E-state index contributed by atoms with van der Waals surface area (Å²) in [7, 11) is 0. The summed E-state index contributed by atoms with van der Waals surface area (Å²) in [6, 6.07) is 11.1. The molecule has 1 rings (SSSR count). The fourth-order valence-corrected chi connectivity index (χ4v) is 1.83. The second kappa shape index (κ2) is 10.1. The molecule has 1 atom stereocenters. The van der Waals surface area contributed by atoms with E-state index in [4.69, 9.17) is 5.73 Å². The summed E-state index contributed by atoms with van der Waals surface area (Å²) < 4.78 is 0. The van der Waals surface area contributed by atoms with Gasteiger partial charge in [-0.1, -0.05) is 30.3 Å². The number of hydrogen-bond donors (Lipinski definition) is 3. The van der Waals surface area contributed by atoms with Crippen LogP contribution in [0.5, 0.6) is 0 Å². The van der Waals surface area contributed by atoms with Crippen LogP contribution in [0.1, 0.15) is 31.7 Å². The zero-order chi connectivity index (χ0) is 13.1. The number of nitrogens with one attached hydrogen (secondary N) is 2. The zero-order valence-electron chi connectivity index (χ0n) is 11.5. The van der Waals surface area contributed by atoms with Crippen molar-refractivity contribution in [3.05, 3.63) is 35.9 Å². The fraction of sp³-hybridized carbons (Fsp3) is 0.600. The molecule has 3 nitrogen and oxygen atoms in total. The lowest BCUT2D eigenvalue weighted by molar-refractivity contribution is 0.488. The first-order valence-electron chi connectivity index (χ1n) is 7.01. The van der Waals surface area contributed by atoms with E-state index in [-0.39, 0.29) is 0 Å². The van der Waals surface area contributed by atoms with Gasteiger partial charge in [-0.25, -0.2) is 0 Å². The van der Waals surface area contributed by atoms with Crippen LogP contribution < -0.4 is 16.4 Å². The van der Waals surface area contributed by atoms with Gasteiger partial charge in [0.2, 0.25) is 0 Å². The van der Waals surface area contributed by atoms with Crippen molar-refractivity contribution in [2.45, 2.75) is 38.8 Å². The van der Waals surface area contributed by atoms with Crippen molar-refractivity contribution in [1.82, 2.24) is 10.6 Å². The first kappa shape index (κ1) is 15.2. The molecule has 0 radical (unpaired) electrons. The molecule has 0 spiro atoms. The molecule has 0 heterocycles. The number of nitrogens with two attached hydrogens (primary N) is 1. The third-order valence-corrected chi connectivity index (χ3v) is 3.06. The van der Waals surface area contributed by atoms with E-state index in [0.29, 0.717) is 6.04 Å². The lowest BCUT2D eigenvalue weighted by Gasteiger charge is -2.14. The second-order valence-corrected chi connectivity index (χ2v) is 4.80. The average molecular weight is 249 g/mol. The van der Waals surface area contributed by atoms with Crippen molar-refractivity contribution in [2.75, 3.05) is 19.6 Å². The van der Waals surface area contributed by atoms with Crippen molar-refractivity contribution in [2.24, 2.45) is 5.73 Å². The van der Waals surface area contributed by atoms with Crippen molar-refractivity contribution < 1.29 is 0 Å². The Kier molecular flexibility index (Phi) is 8.47. The molecule has 0 aliphatic rings. The first-order valence-corrected chi connectivity index (χ1v) is 7.01. The molecule has 4 N–H and O–H groups in total. The summed E-state index contributed by atoms with van der Waals surface area (Å²) in [5.41, 5.74) is 6.80. The molecule has 0 saturated heterocycles. The van der Waals surface area contributed by atoms with E-state index < -0.39 is 0 Å². The number of benzene rings is 1. The molecule has 3 heteroatoms. The minimum atomic E-state index is 0.548. The molecule has 0 unspecified atom stereocenters. The maximum absolute atomic E-state index is 5.45. The van der Waals surface area contributed by atoms with Gasteiger partial charge in [0.1, 0.15) is 0 Å². The number of unbranched alkanes of at least 4 members (excludes halogenated alkanes) is 1. The van der Waals surface area contributed by atoms with E-state index in [1.165, 1.54) is 12.0 Å². The predicted molar refractivity (Wildman–Crippen MR) is 78.5 cm³/mol. The van der Waals surface area contributed by atoms with E-state index in [2.05, 4.69) is 47.9 Å². The minimum absolute atomic E-state index is 0.548. The third-order valence-electron chi connectivity index (χ3n) is 3.06. The van der Waals surface area contributed by atoms with Gasteiger partial charge in [-0.05, 0) is 51.4 Å². The van der Waals surface area contributed by atoms with Crippen LogP contribution in [-0.4, -0.2) is 25.7 Å². The predicted octanol–water partition coefficient (Wildman–Crippen LogP) is 1.88. The highest BCUT2D eigenvalue weighted by Gasteiger charge is 2.00. The molecule has 0 amide bonds. The van der Waals surface area contributed by atoms with Crippen molar-refractivity contribution in [3.63, 3.8) is 0 Å². The van der Waals surface area contributed by atoms with Gasteiger partial charge in [-0.2, -0.15) is 0 Å². The SMILES string of the molecule is C[C@H](CCNCCCCN)NCc1ccccc1. The molecule has 0 fully saturated rings. The molecule has 0 saturated carbocycles. The van der Waals surface area contributed by atoms with Crippen LogP contribution in [0.4, 0.5) is 0 Å². The highest BCUT2D eigenvalue weighted by molar-refractivity contribution is 5.14. The van der Waals surface area contributed by atoms with Gasteiger partial charge in [-0.3, -0.25) is 0 Å². The molecular weight excluding hydrogens is 222 g/mol. The lowest BCUT2D eigenvalue weighted by atomic mass is 10.2. The smallest absolute Gasteiger partial charge is 0.0207 e. The monoisotopic (exact) mass is 249 g/mol. The topological polar surface area (TPSA) is 50.1 Å². The van der Waals surface area contributed by atoms with Gasteiger partial charge in [0.05, 0.1) is 0 Å². The third kappa shape index (κ3) is 7.43. The molecule has 18 heavy (non-hydrogen) atoms. The fourth-order valence-electron chi connectivity index (χ4n) is 1.83. The molecule has 0 aliphatic carbocycles. The van der Waals surface area contributed by atoms with E-state index in [0.717, 1.165) is 39.0 Å². The highest BCUT2D eigenvalue weighted by Crippen LogP contribution is 1.99. The van der Waals surface area contributed by atoms with E-state index in [1.54, 1.807) is 0 Å². The summed E-state index contributed by atoms with van der Waals surface area (Å²) in [6.07, 6.45) is 3.46. The Morgan fingerprint density at radius 2 is 1.89 bits per heavy atom. The molecule has 0 aromatic heterocycles. The molecular formula is C15H27N3. The largest absolute Gasteiger partial charge is 0.330 e. The number of hydrogen-bond acceptors (Lipinski definition) is 3. The summed E-state index contributed by atoms with van der Waals surface area (Å²) in [5.74, 6) is 0. The Bertz CT molecular complexity index is 287. The Morgan fingerprint density at radius 3 is 2.61 bits per heavy atom. The van der Waals surface area contributed by atoms with Crippen molar-refractivity contribution in [3.8, 4) is 0 Å². The summed E-state index contributed by atoms with van der Waals surface area (Å²) in [6.45, 7) is 6.16. The number of rotatable bonds is 10. The quantitative estimate of drug-likeness (QED) is 0.555. The van der Waals surface area contributed by atoms with Crippen LogP contribution in [-0.2, 0) is 6.54 Å². The van der Waals surface area contributed by atoms with Crippen LogP contribution >= 0.6 is 0 Å². The van der Waals surface area contributed by atoms with Crippen LogP contribution in [0.15, 0.2) is 30.3 Å². The van der Waals surface area contributed by atoms with E-state index in [1.807, 2.05) is 0 Å². The Morgan fingerprint density at radius 1 is 1.11 bits per heavy atom. The van der Waals surface area contributed by atoms with E-state index in [9.17, 15) is 0 Å². The van der Waals surface area contributed by atoms with Gasteiger partial charge in [0.15, 0.2) is 0 Å². The Hall–Kier alpha value is -0.900. The van der Waals surface area contributed by atoms with Gasteiger partial charge >= 0.3 is 0 Å². The summed E-state index contributed by atoms with van der Waals surface area (Å²) >= 11 is 0. The lowest BCUT2D eigenvalue weighted by Crippen LogP contribution is -2.30. The Balaban J connectivity index is 1.99. The minimum Gasteiger partial charge on any atom is -0.330 e. The van der Waals surface area contributed by atoms with Gasteiger partial charge in [-0.15, -0.1) is 0 Å². The summed E-state index contributed by atoms with van der Waals surface area (Å²) in [4.78, 5) is 0. The normalized spacial score (nSPS) is 12.6. The van der Waals surface area contributed by atoms with Crippen LogP contribution in [0.2, 0.25) is 0 Å². The molecule has 0 aliphatic heterocycles. The molecule has 1 aromatic rings. The molecule has 0 bridgehead atoms. The van der Waals surface area contributed by atoms with Crippen molar-refractivity contribution >= 4 is 0 Å². The average Bonchev–Trinajstić information content (AvgIpc) is 2.41. The molecule has 1 aromatic carbocycles. The van der Waals surface area contributed by atoms with Crippen LogP contribution in [0, 0.1) is 0 Å². The second-order valence-electron chi connectivity index (χ2n) is 4.80. The molecule has 102 valence electrons. The van der Waals surface area contributed by atoms with Crippen molar-refractivity contribution in [1.29, 1.82) is 0 Å². The van der Waals surface area contributed by atoms with E-state index >= 15 is 0 Å². The van der Waals surface area contributed by atoms with Gasteiger partial charge in [0.25, 0.3) is 0 Å². The maximum Gasteiger partial charge on any atom is 0.0207 e. The Labute approximate surface area is 111 Å². The maximum atomic E-state index is 5.45. The van der Waals surface area contributed by atoms with Crippen LogP contribution in [0.3, 0.4) is 0 Å².